The quantitative estimate of drug-likeness (QED) is 0.429. The second-order valence-electron chi connectivity index (χ2n) is 4.41. The minimum atomic E-state index is -1.16. The van der Waals surface area contributed by atoms with Crippen LogP contribution in [0.5, 0.6) is 0 Å². The van der Waals surface area contributed by atoms with Gasteiger partial charge in [0, 0.05) is 11.3 Å². The summed E-state index contributed by atoms with van der Waals surface area (Å²) in [5.41, 5.74) is -0.0348. The van der Waals surface area contributed by atoms with Crippen LogP contribution < -0.4 is 0 Å². The van der Waals surface area contributed by atoms with Crippen LogP contribution in [-0.4, -0.2) is 45.4 Å². The van der Waals surface area contributed by atoms with E-state index >= 15 is 0 Å². The summed E-state index contributed by atoms with van der Waals surface area (Å²) in [6.45, 7) is 1.53. The van der Waals surface area contributed by atoms with Gasteiger partial charge in [0.15, 0.2) is 0 Å². The number of amides is 1. The molecule has 3 atom stereocenters. The maximum absolute atomic E-state index is 11.9. The molecule has 0 aromatic heterocycles. The molecule has 0 aromatic carbocycles. The van der Waals surface area contributed by atoms with Gasteiger partial charge in [-0.2, -0.15) is 0 Å². The Morgan fingerprint density at radius 1 is 1.58 bits per heavy atom. The molecule has 0 unspecified atom stereocenters. The molecule has 0 spiro atoms. The van der Waals surface area contributed by atoms with E-state index in [9.17, 15) is 24.6 Å². The molecule has 2 N–H and O–H groups in total. The molecule has 6 nitrogen and oxygen atoms in total. The fraction of sp³-hybridized carbons (Fsp3) is 0.417. The molecule has 102 valence electrons. The van der Waals surface area contributed by atoms with E-state index in [1.807, 2.05) is 0 Å². The van der Waals surface area contributed by atoms with E-state index in [1.165, 1.54) is 23.3 Å². The molecule has 1 fully saturated rings. The number of carbonyl (C=O) groups is 3. The Morgan fingerprint density at radius 2 is 2.26 bits per heavy atom. The highest BCUT2D eigenvalue weighted by atomic mass is 32.2. The van der Waals surface area contributed by atoms with Crippen molar-refractivity contribution < 1.29 is 24.6 Å². The maximum atomic E-state index is 11.9. The van der Waals surface area contributed by atoms with Gasteiger partial charge >= 0.3 is 5.97 Å². The van der Waals surface area contributed by atoms with Gasteiger partial charge in [-0.05, 0) is 18.4 Å². The summed E-state index contributed by atoms with van der Waals surface area (Å²) in [4.78, 5) is 35.1. The van der Waals surface area contributed by atoms with Crippen LogP contribution in [0.15, 0.2) is 22.1 Å². The zero-order chi connectivity index (χ0) is 14.2. The standard InChI is InChI=1S/C12H13NO5S/c1-6(15)9-7-5-8(19-4-2-3-14)10(12(17)18)13(7)11(9)16/h2-4,6-7,9,15H,5H2,1H3,(H,17,18)/t6-,7+,9-/m0/s1. The van der Waals surface area contributed by atoms with Gasteiger partial charge in [-0.25, -0.2) is 4.79 Å². The number of β-lactam (4-membered cyclic amide) rings is 1. The van der Waals surface area contributed by atoms with Crippen LogP contribution >= 0.6 is 11.8 Å². The van der Waals surface area contributed by atoms with Crippen LogP contribution in [0.2, 0.25) is 0 Å². The number of aliphatic carboxylic acids is 1. The molecule has 0 aromatic rings. The number of fused-ring (bicyclic) bond motifs is 1. The van der Waals surface area contributed by atoms with Gasteiger partial charge in [0.05, 0.1) is 18.1 Å². The molecule has 2 aliphatic rings. The van der Waals surface area contributed by atoms with Crippen LogP contribution in [0.25, 0.3) is 0 Å². The van der Waals surface area contributed by atoms with Crippen molar-refractivity contribution in [3.05, 3.63) is 22.1 Å². The highest BCUT2D eigenvalue weighted by molar-refractivity contribution is 8.05. The number of hydrogen-bond acceptors (Lipinski definition) is 5. The van der Waals surface area contributed by atoms with Crippen molar-refractivity contribution in [1.29, 1.82) is 0 Å². The first-order valence-corrected chi connectivity index (χ1v) is 6.61. The van der Waals surface area contributed by atoms with Crippen LogP contribution in [0.4, 0.5) is 0 Å². The largest absolute Gasteiger partial charge is 0.477 e. The Balaban J connectivity index is 2.24. The average molecular weight is 283 g/mol. The molecule has 0 aliphatic carbocycles. The van der Waals surface area contributed by atoms with E-state index < -0.39 is 18.0 Å². The summed E-state index contributed by atoms with van der Waals surface area (Å²) in [6.07, 6.45) is 1.47. The van der Waals surface area contributed by atoms with E-state index in [1.54, 1.807) is 0 Å². The number of hydrogen-bond donors (Lipinski definition) is 2. The van der Waals surface area contributed by atoms with Crippen LogP contribution in [0.1, 0.15) is 13.3 Å². The monoisotopic (exact) mass is 283 g/mol. The molecule has 2 rings (SSSR count). The predicted molar refractivity (Wildman–Crippen MR) is 67.9 cm³/mol. The number of rotatable bonds is 5. The van der Waals surface area contributed by atoms with Crippen LogP contribution in [-0.2, 0) is 14.4 Å². The Labute approximate surface area is 113 Å². The van der Waals surface area contributed by atoms with E-state index in [4.69, 9.17) is 0 Å². The lowest BCUT2D eigenvalue weighted by atomic mass is 9.83. The van der Waals surface area contributed by atoms with Gasteiger partial charge in [0.2, 0.25) is 5.91 Å². The third-order valence-corrected chi connectivity index (χ3v) is 4.20. The third-order valence-electron chi connectivity index (χ3n) is 3.26. The minimum absolute atomic E-state index is 0.0348. The van der Waals surface area contributed by atoms with E-state index in [2.05, 4.69) is 0 Å². The second kappa shape index (κ2) is 5.18. The van der Waals surface area contributed by atoms with Gasteiger partial charge < -0.3 is 15.1 Å². The first kappa shape index (κ1) is 13.8. The molecule has 1 amide bonds. The molecular weight excluding hydrogens is 270 g/mol. The van der Waals surface area contributed by atoms with Crippen molar-refractivity contribution in [2.45, 2.75) is 25.5 Å². The Hall–Kier alpha value is -1.60. The molecule has 0 bridgehead atoms. The van der Waals surface area contributed by atoms with Crippen molar-refractivity contribution in [2.75, 3.05) is 0 Å². The predicted octanol–water partition coefficient (Wildman–Crippen LogP) is 0.340. The van der Waals surface area contributed by atoms with Crippen molar-refractivity contribution in [3.63, 3.8) is 0 Å². The Kier molecular flexibility index (Phi) is 3.77. The summed E-state index contributed by atoms with van der Waals surface area (Å²) >= 11 is 1.12. The summed E-state index contributed by atoms with van der Waals surface area (Å²) in [5, 5.41) is 20.2. The number of aliphatic hydroxyl groups is 1. The smallest absolute Gasteiger partial charge is 0.353 e. The molecule has 7 heteroatoms. The molecule has 2 heterocycles. The topological polar surface area (TPSA) is 94.9 Å². The fourth-order valence-corrected chi connectivity index (χ4v) is 3.36. The summed E-state index contributed by atoms with van der Waals surface area (Å²) < 4.78 is 0. The Morgan fingerprint density at radius 3 is 2.79 bits per heavy atom. The van der Waals surface area contributed by atoms with Crippen molar-refractivity contribution in [1.82, 2.24) is 4.90 Å². The van der Waals surface area contributed by atoms with E-state index in [0.717, 1.165) is 11.8 Å². The minimum Gasteiger partial charge on any atom is -0.477 e. The second-order valence-corrected chi connectivity index (χ2v) is 5.41. The zero-order valence-electron chi connectivity index (χ0n) is 10.1. The first-order chi connectivity index (χ1) is 8.99. The van der Waals surface area contributed by atoms with E-state index in [0.29, 0.717) is 17.6 Å². The van der Waals surface area contributed by atoms with Gasteiger partial charge in [0.25, 0.3) is 0 Å². The lowest BCUT2D eigenvalue weighted by molar-refractivity contribution is -0.161. The first-order valence-electron chi connectivity index (χ1n) is 5.73. The third kappa shape index (κ3) is 2.19. The highest BCUT2D eigenvalue weighted by Crippen LogP contribution is 2.47. The van der Waals surface area contributed by atoms with E-state index in [-0.39, 0.29) is 17.6 Å². The maximum Gasteiger partial charge on any atom is 0.353 e. The molecule has 2 aliphatic heterocycles. The molecule has 0 saturated carbocycles. The average Bonchev–Trinajstić information content (AvgIpc) is 2.64. The number of thioether (sulfide) groups is 1. The van der Waals surface area contributed by atoms with Crippen molar-refractivity contribution in [3.8, 4) is 0 Å². The van der Waals surface area contributed by atoms with Gasteiger partial charge in [0.1, 0.15) is 12.0 Å². The van der Waals surface area contributed by atoms with Crippen LogP contribution in [0, 0.1) is 5.92 Å². The summed E-state index contributed by atoms with van der Waals surface area (Å²) in [5.74, 6) is -2.06. The van der Waals surface area contributed by atoms with Gasteiger partial charge in [-0.1, -0.05) is 11.8 Å². The number of carboxylic acids is 1. The van der Waals surface area contributed by atoms with Crippen molar-refractivity contribution >= 4 is 29.9 Å². The van der Waals surface area contributed by atoms with Gasteiger partial charge in [-0.3, -0.25) is 9.59 Å². The Bertz CT molecular complexity index is 496. The molecule has 1 saturated heterocycles. The van der Waals surface area contributed by atoms with Gasteiger partial charge in [-0.15, -0.1) is 0 Å². The van der Waals surface area contributed by atoms with Crippen LogP contribution in [0.3, 0.4) is 0 Å². The fourth-order valence-electron chi connectivity index (χ4n) is 2.49. The zero-order valence-corrected chi connectivity index (χ0v) is 11.0. The number of aldehydes is 1. The molecule has 19 heavy (non-hydrogen) atoms. The number of nitrogens with zero attached hydrogens (tertiary/aromatic N) is 1. The molecule has 0 radical (unpaired) electrons. The SMILES string of the molecule is C[C@H](O)[C@@H]1C(=O)N2C(C(=O)O)=C(SC=CC=O)C[C@H]12. The molecular formula is C12H13NO5S. The summed E-state index contributed by atoms with van der Waals surface area (Å²) in [6, 6.07) is -0.286. The number of carbonyl (C=O) groups excluding carboxylic acids is 2. The number of allylic oxidation sites excluding steroid dienone is 1. The number of carboxylic acid groups (broad SMARTS) is 1. The highest BCUT2D eigenvalue weighted by Gasteiger charge is 2.56. The number of aliphatic hydroxyl groups excluding tert-OH is 1. The lowest BCUT2D eigenvalue weighted by Gasteiger charge is -2.44. The van der Waals surface area contributed by atoms with Crippen molar-refractivity contribution in [2.24, 2.45) is 5.92 Å². The summed E-state index contributed by atoms with van der Waals surface area (Å²) in [7, 11) is 0. The lowest BCUT2D eigenvalue weighted by Crippen LogP contribution is -2.61. The normalized spacial score (nSPS) is 27.5.